The van der Waals surface area contributed by atoms with Crippen molar-refractivity contribution in [1.82, 2.24) is 10.9 Å². The Morgan fingerprint density at radius 3 is 2.08 bits per heavy atom. The van der Waals surface area contributed by atoms with E-state index in [1.165, 1.54) is 13.0 Å². The first kappa shape index (κ1) is 19.0. The maximum absolute atomic E-state index is 12.1. The molecule has 0 spiro atoms. The van der Waals surface area contributed by atoms with Gasteiger partial charge in [0.05, 0.1) is 6.10 Å². The molecular formula is C19H21N3O4. The normalized spacial score (nSPS) is 10.2. The van der Waals surface area contributed by atoms with Crippen LogP contribution in [-0.2, 0) is 4.79 Å². The molecule has 0 atom stereocenters. The molecule has 136 valence electrons. The van der Waals surface area contributed by atoms with Gasteiger partial charge in [-0.3, -0.25) is 25.2 Å². The first-order valence-electron chi connectivity index (χ1n) is 8.10. The van der Waals surface area contributed by atoms with Gasteiger partial charge in [0.25, 0.3) is 11.8 Å². The number of ether oxygens (including phenoxy) is 1. The second kappa shape index (κ2) is 8.66. The number of carbonyl (C=O) groups is 3. The van der Waals surface area contributed by atoms with Gasteiger partial charge in [-0.2, -0.15) is 0 Å². The number of rotatable bonds is 5. The van der Waals surface area contributed by atoms with Crippen LogP contribution in [0, 0.1) is 0 Å². The largest absolute Gasteiger partial charge is 0.491 e. The molecule has 0 aliphatic carbocycles. The lowest BCUT2D eigenvalue weighted by Gasteiger charge is -2.11. The summed E-state index contributed by atoms with van der Waals surface area (Å²) in [5.41, 5.74) is 5.88. The Labute approximate surface area is 151 Å². The van der Waals surface area contributed by atoms with Gasteiger partial charge in [-0.25, -0.2) is 0 Å². The minimum atomic E-state index is -0.495. The van der Waals surface area contributed by atoms with Crippen molar-refractivity contribution >= 4 is 23.4 Å². The van der Waals surface area contributed by atoms with Gasteiger partial charge in [0, 0.05) is 23.7 Å². The molecule has 0 aromatic heterocycles. The van der Waals surface area contributed by atoms with Gasteiger partial charge >= 0.3 is 0 Å². The Hall–Kier alpha value is -3.35. The van der Waals surface area contributed by atoms with Crippen molar-refractivity contribution in [3.05, 3.63) is 59.7 Å². The predicted octanol–water partition coefficient (Wildman–Crippen LogP) is 2.51. The zero-order chi connectivity index (χ0) is 19.1. The number of benzene rings is 2. The van der Waals surface area contributed by atoms with Crippen LogP contribution >= 0.6 is 0 Å². The summed E-state index contributed by atoms with van der Waals surface area (Å²) in [6, 6.07) is 13.0. The highest BCUT2D eigenvalue weighted by Crippen LogP contribution is 2.14. The second-order valence-corrected chi connectivity index (χ2v) is 5.86. The van der Waals surface area contributed by atoms with Crippen molar-refractivity contribution in [1.29, 1.82) is 0 Å². The Bertz CT molecular complexity index is 801. The third-order valence-electron chi connectivity index (χ3n) is 3.22. The molecule has 0 bridgehead atoms. The van der Waals surface area contributed by atoms with E-state index in [0.717, 1.165) is 0 Å². The van der Waals surface area contributed by atoms with E-state index in [9.17, 15) is 14.4 Å². The van der Waals surface area contributed by atoms with Crippen molar-refractivity contribution in [3.8, 4) is 5.75 Å². The number of amides is 3. The first-order valence-corrected chi connectivity index (χ1v) is 8.10. The predicted molar refractivity (Wildman–Crippen MR) is 97.9 cm³/mol. The SMILES string of the molecule is CC(=O)Nc1cccc(C(=O)NNC(=O)c2ccc(OC(C)C)cc2)c1. The minimum Gasteiger partial charge on any atom is -0.491 e. The number of carbonyl (C=O) groups excluding carboxylic acids is 3. The molecule has 7 heteroatoms. The van der Waals surface area contributed by atoms with Crippen LogP contribution in [0.15, 0.2) is 48.5 Å². The van der Waals surface area contributed by atoms with Crippen molar-refractivity contribution in [2.45, 2.75) is 26.9 Å². The van der Waals surface area contributed by atoms with Gasteiger partial charge in [0.1, 0.15) is 5.75 Å². The molecule has 7 nitrogen and oxygen atoms in total. The molecule has 0 saturated carbocycles. The van der Waals surface area contributed by atoms with E-state index in [4.69, 9.17) is 4.74 Å². The Morgan fingerprint density at radius 1 is 0.885 bits per heavy atom. The molecule has 2 rings (SSSR count). The number of hydrazine groups is 1. The highest BCUT2D eigenvalue weighted by molar-refractivity contribution is 6.00. The average Bonchev–Trinajstić information content (AvgIpc) is 2.59. The van der Waals surface area contributed by atoms with Crippen LogP contribution in [0.4, 0.5) is 5.69 Å². The van der Waals surface area contributed by atoms with E-state index in [1.54, 1.807) is 42.5 Å². The van der Waals surface area contributed by atoms with E-state index in [1.807, 2.05) is 13.8 Å². The highest BCUT2D eigenvalue weighted by atomic mass is 16.5. The Kier molecular flexibility index (Phi) is 6.32. The van der Waals surface area contributed by atoms with E-state index in [2.05, 4.69) is 16.2 Å². The number of hydrogen-bond donors (Lipinski definition) is 3. The molecule has 26 heavy (non-hydrogen) atoms. The lowest BCUT2D eigenvalue weighted by molar-refractivity contribution is -0.114. The fraction of sp³-hybridized carbons (Fsp3) is 0.211. The summed E-state index contributed by atoms with van der Waals surface area (Å²) in [5, 5.41) is 2.59. The van der Waals surface area contributed by atoms with Crippen LogP contribution < -0.4 is 20.9 Å². The third kappa shape index (κ3) is 5.62. The van der Waals surface area contributed by atoms with Crippen LogP contribution in [0.3, 0.4) is 0 Å². The second-order valence-electron chi connectivity index (χ2n) is 5.86. The summed E-state index contributed by atoms with van der Waals surface area (Å²) in [6.45, 7) is 5.21. The summed E-state index contributed by atoms with van der Waals surface area (Å²) >= 11 is 0. The molecule has 0 heterocycles. The molecule has 0 aliphatic rings. The Balaban J connectivity index is 1.94. The Morgan fingerprint density at radius 2 is 1.50 bits per heavy atom. The third-order valence-corrected chi connectivity index (χ3v) is 3.22. The molecule has 0 fully saturated rings. The number of nitrogens with one attached hydrogen (secondary N) is 3. The quantitative estimate of drug-likeness (QED) is 0.718. The summed E-state index contributed by atoms with van der Waals surface area (Å²) in [7, 11) is 0. The topological polar surface area (TPSA) is 96.5 Å². The monoisotopic (exact) mass is 355 g/mol. The van der Waals surface area contributed by atoms with E-state index in [0.29, 0.717) is 22.6 Å². The molecule has 3 N–H and O–H groups in total. The summed E-state index contributed by atoms with van der Waals surface area (Å²) in [5.74, 6) is -0.520. The van der Waals surface area contributed by atoms with Crippen molar-refractivity contribution in [2.24, 2.45) is 0 Å². The van der Waals surface area contributed by atoms with Crippen LogP contribution in [0.1, 0.15) is 41.5 Å². The van der Waals surface area contributed by atoms with Gasteiger partial charge in [-0.1, -0.05) is 6.07 Å². The average molecular weight is 355 g/mol. The fourth-order valence-corrected chi connectivity index (χ4v) is 2.16. The van der Waals surface area contributed by atoms with Crippen molar-refractivity contribution in [2.75, 3.05) is 5.32 Å². The van der Waals surface area contributed by atoms with E-state index in [-0.39, 0.29) is 12.0 Å². The molecule has 0 radical (unpaired) electrons. The molecule has 2 aromatic rings. The van der Waals surface area contributed by atoms with Crippen LogP contribution in [-0.4, -0.2) is 23.8 Å². The van der Waals surface area contributed by atoms with Gasteiger partial charge in [0.15, 0.2) is 0 Å². The zero-order valence-corrected chi connectivity index (χ0v) is 14.8. The minimum absolute atomic E-state index is 0.0437. The standard InChI is InChI=1S/C19H21N3O4/c1-12(2)26-17-9-7-14(8-10-17)18(24)21-22-19(25)15-5-4-6-16(11-15)20-13(3)23/h4-12H,1-3H3,(H,20,23)(H,21,24)(H,22,25). The van der Waals surface area contributed by atoms with Crippen molar-refractivity contribution in [3.63, 3.8) is 0 Å². The summed E-state index contributed by atoms with van der Waals surface area (Å²) in [4.78, 5) is 35.3. The number of hydrogen-bond acceptors (Lipinski definition) is 4. The van der Waals surface area contributed by atoms with Crippen LogP contribution in [0.5, 0.6) is 5.75 Å². The molecular weight excluding hydrogens is 334 g/mol. The maximum atomic E-state index is 12.1. The van der Waals surface area contributed by atoms with Crippen LogP contribution in [0.25, 0.3) is 0 Å². The van der Waals surface area contributed by atoms with Gasteiger partial charge < -0.3 is 10.1 Å². The lowest BCUT2D eigenvalue weighted by atomic mass is 10.2. The summed E-state index contributed by atoms with van der Waals surface area (Å²) in [6.07, 6.45) is 0.0437. The van der Waals surface area contributed by atoms with Gasteiger partial charge in [-0.05, 0) is 56.3 Å². The zero-order valence-electron chi connectivity index (χ0n) is 14.8. The number of anilines is 1. The molecule has 2 aromatic carbocycles. The van der Waals surface area contributed by atoms with E-state index >= 15 is 0 Å². The fourth-order valence-electron chi connectivity index (χ4n) is 2.16. The van der Waals surface area contributed by atoms with Crippen molar-refractivity contribution < 1.29 is 19.1 Å². The maximum Gasteiger partial charge on any atom is 0.269 e. The lowest BCUT2D eigenvalue weighted by Crippen LogP contribution is -2.41. The molecule has 0 saturated heterocycles. The molecule has 3 amide bonds. The van der Waals surface area contributed by atoms with E-state index < -0.39 is 11.8 Å². The molecule has 0 unspecified atom stereocenters. The van der Waals surface area contributed by atoms with Gasteiger partial charge in [-0.15, -0.1) is 0 Å². The summed E-state index contributed by atoms with van der Waals surface area (Å²) < 4.78 is 5.51. The van der Waals surface area contributed by atoms with Gasteiger partial charge in [0.2, 0.25) is 5.91 Å². The smallest absolute Gasteiger partial charge is 0.269 e. The first-order chi connectivity index (χ1) is 12.3. The van der Waals surface area contributed by atoms with Crippen LogP contribution in [0.2, 0.25) is 0 Å². The highest BCUT2D eigenvalue weighted by Gasteiger charge is 2.10. The molecule has 0 aliphatic heterocycles.